The first-order valence-electron chi connectivity index (χ1n) is 7.82. The quantitative estimate of drug-likeness (QED) is 0.619. The normalized spacial score (nSPS) is 22.2. The molecule has 1 atom stereocenters. The minimum absolute atomic E-state index is 0.0134. The van der Waals surface area contributed by atoms with Crippen LogP contribution in [-0.4, -0.2) is 17.4 Å². The fourth-order valence-electron chi connectivity index (χ4n) is 2.78. The summed E-state index contributed by atoms with van der Waals surface area (Å²) in [6.45, 7) is 5.49. The van der Waals surface area contributed by atoms with E-state index < -0.39 is 11.0 Å². The van der Waals surface area contributed by atoms with Crippen molar-refractivity contribution in [2.24, 2.45) is 5.41 Å². The van der Waals surface area contributed by atoms with Crippen molar-refractivity contribution < 1.29 is 14.3 Å². The lowest BCUT2D eigenvalue weighted by molar-refractivity contribution is -0.169. The summed E-state index contributed by atoms with van der Waals surface area (Å²) in [6, 6.07) is 9.87. The molecule has 0 heterocycles. The number of rotatable bonds is 4. The molecule has 1 aromatic carbocycles. The van der Waals surface area contributed by atoms with Gasteiger partial charge in [-0.15, -0.1) is 0 Å². The maximum Gasteiger partial charge on any atom is 0.320 e. The van der Waals surface area contributed by atoms with E-state index in [9.17, 15) is 9.59 Å². The summed E-state index contributed by atoms with van der Waals surface area (Å²) < 4.78 is 5.50. The lowest BCUT2D eigenvalue weighted by Crippen LogP contribution is -2.40. The van der Waals surface area contributed by atoms with Gasteiger partial charge in [0.2, 0.25) is 0 Å². The van der Waals surface area contributed by atoms with Crippen molar-refractivity contribution in [2.45, 2.75) is 52.1 Å². The molecule has 1 saturated carbocycles. The number of benzene rings is 1. The van der Waals surface area contributed by atoms with E-state index in [2.05, 4.69) is 0 Å². The molecule has 2 rings (SSSR count). The third-order valence-corrected chi connectivity index (χ3v) is 3.91. The van der Waals surface area contributed by atoms with Crippen LogP contribution in [0.4, 0.5) is 0 Å². The third-order valence-electron chi connectivity index (χ3n) is 3.91. The molecule has 118 valence electrons. The van der Waals surface area contributed by atoms with Gasteiger partial charge in [-0.05, 0) is 45.6 Å². The largest absolute Gasteiger partial charge is 0.459 e. The maximum absolute atomic E-state index is 12.6. The Morgan fingerprint density at radius 2 is 1.95 bits per heavy atom. The predicted octanol–water partition coefficient (Wildman–Crippen LogP) is 4.17. The Morgan fingerprint density at radius 3 is 2.50 bits per heavy atom. The second-order valence-corrected chi connectivity index (χ2v) is 6.88. The molecule has 0 spiro atoms. The molecule has 1 aliphatic carbocycles. The van der Waals surface area contributed by atoms with Gasteiger partial charge in [0.1, 0.15) is 11.0 Å². The van der Waals surface area contributed by atoms with E-state index in [1.165, 1.54) is 0 Å². The highest BCUT2D eigenvalue weighted by Crippen LogP contribution is 2.40. The highest BCUT2D eigenvalue weighted by molar-refractivity contribution is 6.05. The number of ketones is 1. The van der Waals surface area contributed by atoms with Gasteiger partial charge in [0.05, 0.1) is 0 Å². The Kier molecular flexibility index (Phi) is 4.84. The van der Waals surface area contributed by atoms with Crippen LogP contribution in [0.1, 0.15) is 52.0 Å². The smallest absolute Gasteiger partial charge is 0.320 e. The van der Waals surface area contributed by atoms with Crippen molar-refractivity contribution in [3.63, 3.8) is 0 Å². The molecule has 0 saturated heterocycles. The molecule has 0 aromatic heterocycles. The summed E-state index contributed by atoms with van der Waals surface area (Å²) in [5.41, 5.74) is -0.499. The van der Waals surface area contributed by atoms with E-state index in [0.717, 1.165) is 12.0 Å². The molecule has 0 amide bonds. The van der Waals surface area contributed by atoms with Crippen LogP contribution < -0.4 is 0 Å². The van der Waals surface area contributed by atoms with Gasteiger partial charge < -0.3 is 4.74 Å². The zero-order chi connectivity index (χ0) is 16.2. The van der Waals surface area contributed by atoms with Crippen molar-refractivity contribution in [3.05, 3.63) is 42.0 Å². The summed E-state index contributed by atoms with van der Waals surface area (Å²) in [7, 11) is 0. The van der Waals surface area contributed by atoms with Gasteiger partial charge in [-0.1, -0.05) is 42.5 Å². The Labute approximate surface area is 132 Å². The van der Waals surface area contributed by atoms with Crippen LogP contribution in [-0.2, 0) is 14.3 Å². The van der Waals surface area contributed by atoms with E-state index in [0.29, 0.717) is 19.3 Å². The first-order valence-corrected chi connectivity index (χ1v) is 7.82. The number of allylic oxidation sites excluding steroid dienone is 1. The van der Waals surface area contributed by atoms with Crippen molar-refractivity contribution in [3.8, 4) is 0 Å². The molecule has 3 nitrogen and oxygen atoms in total. The highest BCUT2D eigenvalue weighted by Gasteiger charge is 2.49. The van der Waals surface area contributed by atoms with Crippen LogP contribution in [0.3, 0.4) is 0 Å². The SMILES string of the molecule is CC(C)(C)OC(=O)C1(C/C=C/c2ccccc2)CCCC1=O. The Bertz CT molecular complexity index is 566. The minimum Gasteiger partial charge on any atom is -0.459 e. The van der Waals surface area contributed by atoms with Crippen LogP contribution in [0.15, 0.2) is 36.4 Å². The molecule has 22 heavy (non-hydrogen) atoms. The summed E-state index contributed by atoms with van der Waals surface area (Å²) in [5.74, 6) is -0.361. The van der Waals surface area contributed by atoms with E-state index in [1.807, 2.05) is 63.3 Å². The van der Waals surface area contributed by atoms with Gasteiger partial charge in [0.25, 0.3) is 0 Å². The standard InChI is InChI=1S/C19H24O3/c1-18(2,3)22-17(21)19(14-8-12-16(19)20)13-7-11-15-9-5-4-6-10-15/h4-7,9-11H,8,12-14H2,1-3H3/b11-7+. The number of Topliss-reactive ketones (excluding diaryl/α,β-unsaturated/α-hetero) is 1. The molecule has 0 N–H and O–H groups in total. The van der Waals surface area contributed by atoms with E-state index in [1.54, 1.807) is 0 Å². The van der Waals surface area contributed by atoms with Crippen LogP contribution in [0.25, 0.3) is 6.08 Å². The van der Waals surface area contributed by atoms with E-state index in [-0.39, 0.29) is 11.8 Å². The van der Waals surface area contributed by atoms with Crippen molar-refractivity contribution >= 4 is 17.8 Å². The first kappa shape index (κ1) is 16.5. The molecule has 1 unspecified atom stereocenters. The van der Waals surface area contributed by atoms with Gasteiger partial charge in [-0.2, -0.15) is 0 Å². The lowest BCUT2D eigenvalue weighted by Gasteiger charge is -2.29. The third kappa shape index (κ3) is 3.85. The number of hydrogen-bond donors (Lipinski definition) is 0. The molecule has 0 bridgehead atoms. The maximum atomic E-state index is 12.6. The molecule has 1 aromatic rings. The molecule has 0 aliphatic heterocycles. The van der Waals surface area contributed by atoms with Crippen molar-refractivity contribution in [1.29, 1.82) is 0 Å². The van der Waals surface area contributed by atoms with Crippen LogP contribution >= 0.6 is 0 Å². The zero-order valence-corrected chi connectivity index (χ0v) is 13.6. The fraction of sp³-hybridized carbons (Fsp3) is 0.474. The summed E-state index contributed by atoms with van der Waals surface area (Å²) in [4.78, 5) is 24.9. The summed E-state index contributed by atoms with van der Waals surface area (Å²) in [5, 5.41) is 0. The van der Waals surface area contributed by atoms with Gasteiger partial charge in [0, 0.05) is 6.42 Å². The van der Waals surface area contributed by atoms with Gasteiger partial charge in [-0.25, -0.2) is 0 Å². The van der Waals surface area contributed by atoms with E-state index >= 15 is 0 Å². The molecular weight excluding hydrogens is 276 g/mol. The second kappa shape index (κ2) is 6.47. The predicted molar refractivity (Wildman–Crippen MR) is 87.2 cm³/mol. The zero-order valence-electron chi connectivity index (χ0n) is 13.6. The van der Waals surface area contributed by atoms with E-state index in [4.69, 9.17) is 4.74 Å². The number of ether oxygens (including phenoxy) is 1. The molecule has 0 radical (unpaired) electrons. The molecule has 3 heteroatoms. The number of carbonyl (C=O) groups excluding carboxylic acids is 2. The lowest BCUT2D eigenvalue weighted by atomic mass is 9.81. The van der Waals surface area contributed by atoms with Crippen LogP contribution in [0.5, 0.6) is 0 Å². The molecule has 1 fully saturated rings. The Morgan fingerprint density at radius 1 is 1.27 bits per heavy atom. The van der Waals surface area contributed by atoms with Gasteiger partial charge in [0.15, 0.2) is 5.78 Å². The average molecular weight is 300 g/mol. The van der Waals surface area contributed by atoms with Crippen LogP contribution in [0, 0.1) is 5.41 Å². The summed E-state index contributed by atoms with van der Waals surface area (Å²) in [6.07, 6.45) is 6.10. The molecule has 1 aliphatic rings. The number of esters is 1. The average Bonchev–Trinajstić information content (AvgIpc) is 2.81. The monoisotopic (exact) mass is 300 g/mol. The second-order valence-electron chi connectivity index (χ2n) is 6.88. The van der Waals surface area contributed by atoms with Crippen molar-refractivity contribution in [1.82, 2.24) is 0 Å². The van der Waals surface area contributed by atoms with Gasteiger partial charge >= 0.3 is 5.97 Å². The summed E-state index contributed by atoms with van der Waals surface area (Å²) >= 11 is 0. The minimum atomic E-state index is -0.988. The van der Waals surface area contributed by atoms with Crippen molar-refractivity contribution in [2.75, 3.05) is 0 Å². The topological polar surface area (TPSA) is 43.4 Å². The number of carbonyl (C=O) groups is 2. The Hall–Kier alpha value is -1.90. The van der Waals surface area contributed by atoms with Gasteiger partial charge in [-0.3, -0.25) is 9.59 Å². The fourth-order valence-corrected chi connectivity index (χ4v) is 2.78. The van der Waals surface area contributed by atoms with Crippen LogP contribution in [0.2, 0.25) is 0 Å². The number of hydrogen-bond acceptors (Lipinski definition) is 3. The first-order chi connectivity index (χ1) is 10.3. The molecular formula is C19H24O3. The highest BCUT2D eigenvalue weighted by atomic mass is 16.6. The Balaban J connectivity index is 2.15.